The van der Waals surface area contributed by atoms with E-state index in [0.29, 0.717) is 12.2 Å². The van der Waals surface area contributed by atoms with Crippen LogP contribution in [0.2, 0.25) is 0 Å². The summed E-state index contributed by atoms with van der Waals surface area (Å²) in [5.41, 5.74) is 5.82. The molecule has 0 bridgehead atoms. The first-order chi connectivity index (χ1) is 21.5. The van der Waals surface area contributed by atoms with Crippen LogP contribution in [0.1, 0.15) is 46.7 Å². The predicted octanol–water partition coefficient (Wildman–Crippen LogP) is 6.28. The third-order valence-electron chi connectivity index (χ3n) is 8.03. The topological polar surface area (TPSA) is 86.8 Å². The van der Waals surface area contributed by atoms with Gasteiger partial charge in [-0.1, -0.05) is 96.9 Å². The van der Waals surface area contributed by atoms with Crippen molar-refractivity contribution in [1.29, 1.82) is 0 Å². The fraction of sp³-hybridized carbons (Fsp3) is 0.297. The lowest BCUT2D eigenvalue weighted by atomic mass is 10.0. The van der Waals surface area contributed by atoms with E-state index in [1.165, 1.54) is 9.21 Å². The summed E-state index contributed by atoms with van der Waals surface area (Å²) < 4.78 is 29.7. The van der Waals surface area contributed by atoms with Crippen LogP contribution in [0.4, 0.5) is 5.69 Å². The van der Waals surface area contributed by atoms with Gasteiger partial charge in [-0.3, -0.25) is 13.9 Å². The van der Waals surface area contributed by atoms with Gasteiger partial charge in [0.2, 0.25) is 11.8 Å². The van der Waals surface area contributed by atoms with Gasteiger partial charge >= 0.3 is 0 Å². The molecular formula is C37H43N3O4S. The van der Waals surface area contributed by atoms with Crippen LogP contribution in [0.3, 0.4) is 0 Å². The van der Waals surface area contributed by atoms with Crippen molar-refractivity contribution >= 4 is 27.5 Å². The van der Waals surface area contributed by atoms with Crippen molar-refractivity contribution in [2.75, 3.05) is 17.4 Å². The quantitative estimate of drug-likeness (QED) is 0.190. The number of carbonyl (C=O) groups is 2. The number of hydrogen-bond donors (Lipinski definition) is 1. The smallest absolute Gasteiger partial charge is 0.264 e. The molecule has 1 atom stereocenters. The van der Waals surface area contributed by atoms with Gasteiger partial charge in [-0.25, -0.2) is 8.42 Å². The number of sulfonamides is 1. The van der Waals surface area contributed by atoms with Gasteiger partial charge in [0.15, 0.2) is 0 Å². The molecule has 4 rings (SSSR count). The number of carbonyl (C=O) groups excluding carboxylic acids is 2. The van der Waals surface area contributed by atoms with E-state index >= 15 is 0 Å². The summed E-state index contributed by atoms with van der Waals surface area (Å²) >= 11 is 0. The Morgan fingerprint density at radius 1 is 0.756 bits per heavy atom. The second kappa shape index (κ2) is 15.0. The highest BCUT2D eigenvalue weighted by atomic mass is 32.2. The average Bonchev–Trinajstić information content (AvgIpc) is 3.03. The lowest BCUT2D eigenvalue weighted by Crippen LogP contribution is -2.53. The van der Waals surface area contributed by atoms with Crippen molar-refractivity contribution in [3.05, 3.63) is 130 Å². The molecule has 0 heterocycles. The van der Waals surface area contributed by atoms with Gasteiger partial charge < -0.3 is 10.2 Å². The Bertz CT molecular complexity index is 1700. The Balaban J connectivity index is 1.82. The van der Waals surface area contributed by atoms with Crippen molar-refractivity contribution in [2.45, 2.75) is 64.9 Å². The number of benzene rings is 4. The van der Waals surface area contributed by atoms with Gasteiger partial charge in [-0.15, -0.1) is 0 Å². The predicted molar refractivity (Wildman–Crippen MR) is 181 cm³/mol. The molecule has 0 aromatic heterocycles. The Kier molecular flexibility index (Phi) is 11.2. The molecule has 236 valence electrons. The Morgan fingerprint density at radius 2 is 1.38 bits per heavy atom. The third kappa shape index (κ3) is 8.39. The molecule has 0 saturated heterocycles. The van der Waals surface area contributed by atoms with Crippen LogP contribution < -0.4 is 9.62 Å². The van der Waals surface area contributed by atoms with Gasteiger partial charge in [0, 0.05) is 19.5 Å². The maximum atomic E-state index is 14.6. The summed E-state index contributed by atoms with van der Waals surface area (Å²) in [6.07, 6.45) is 1.02. The van der Waals surface area contributed by atoms with Crippen LogP contribution in [0.25, 0.3) is 0 Å². The molecule has 4 aromatic rings. The summed E-state index contributed by atoms with van der Waals surface area (Å²) in [5.74, 6) is -0.749. The minimum absolute atomic E-state index is 0.0911. The molecule has 0 aliphatic rings. The molecule has 1 unspecified atom stereocenters. The average molecular weight is 626 g/mol. The van der Waals surface area contributed by atoms with E-state index in [-0.39, 0.29) is 23.8 Å². The van der Waals surface area contributed by atoms with Crippen molar-refractivity contribution in [1.82, 2.24) is 10.2 Å². The van der Waals surface area contributed by atoms with E-state index in [1.807, 2.05) is 95.3 Å². The molecule has 1 N–H and O–H groups in total. The van der Waals surface area contributed by atoms with Gasteiger partial charge in [-0.2, -0.15) is 0 Å². The molecule has 0 aliphatic carbocycles. The van der Waals surface area contributed by atoms with E-state index in [9.17, 15) is 18.0 Å². The number of anilines is 1. The van der Waals surface area contributed by atoms with E-state index in [0.717, 1.165) is 39.8 Å². The zero-order chi connectivity index (χ0) is 32.6. The fourth-order valence-corrected chi connectivity index (χ4v) is 6.64. The van der Waals surface area contributed by atoms with Gasteiger partial charge in [0.1, 0.15) is 12.6 Å². The largest absolute Gasteiger partial charge is 0.354 e. The van der Waals surface area contributed by atoms with Crippen molar-refractivity contribution in [3.8, 4) is 0 Å². The van der Waals surface area contributed by atoms with E-state index in [4.69, 9.17) is 0 Å². The number of nitrogens with one attached hydrogen (secondary N) is 1. The molecule has 0 spiro atoms. The van der Waals surface area contributed by atoms with E-state index < -0.39 is 28.5 Å². The van der Waals surface area contributed by atoms with Crippen LogP contribution in [0, 0.1) is 27.7 Å². The summed E-state index contributed by atoms with van der Waals surface area (Å²) in [6.45, 7) is 9.75. The maximum absolute atomic E-state index is 14.6. The first-order valence-electron chi connectivity index (χ1n) is 15.3. The van der Waals surface area contributed by atoms with Gasteiger partial charge in [-0.05, 0) is 74.6 Å². The highest BCUT2D eigenvalue weighted by molar-refractivity contribution is 7.92. The lowest BCUT2D eigenvalue weighted by Gasteiger charge is -2.34. The molecule has 0 fully saturated rings. The van der Waals surface area contributed by atoms with Crippen LogP contribution in [-0.4, -0.2) is 44.3 Å². The van der Waals surface area contributed by atoms with E-state index in [2.05, 4.69) is 5.32 Å². The molecule has 8 heteroatoms. The molecule has 0 aliphatic heterocycles. The van der Waals surface area contributed by atoms with Crippen LogP contribution in [0.15, 0.2) is 102 Å². The summed E-state index contributed by atoms with van der Waals surface area (Å²) in [7, 11) is -4.15. The SMILES string of the molecule is CCCNC(=O)C(Cc1ccccc1)N(Cc1ccc(C)cc1)C(=O)CN(c1cccc(C)c1C)S(=O)(=O)c1ccc(C)cc1. The molecule has 45 heavy (non-hydrogen) atoms. The minimum atomic E-state index is -4.15. The Hall–Kier alpha value is -4.43. The third-order valence-corrected chi connectivity index (χ3v) is 9.80. The number of rotatable bonds is 13. The number of hydrogen-bond acceptors (Lipinski definition) is 4. The standard InChI is InChI=1S/C37H43N3O4S/c1-6-23-38-37(42)35(24-31-12-8-7-9-13-31)39(25-32-19-15-27(2)16-20-32)36(41)26-40(34-14-10-11-29(4)30(34)5)45(43,44)33-21-17-28(3)18-22-33/h7-22,35H,6,23-26H2,1-5H3,(H,38,42). The number of aryl methyl sites for hydroxylation is 3. The van der Waals surface area contributed by atoms with Crippen LogP contribution in [0.5, 0.6) is 0 Å². The van der Waals surface area contributed by atoms with E-state index in [1.54, 1.807) is 36.4 Å². The first-order valence-corrected chi connectivity index (χ1v) is 16.8. The monoisotopic (exact) mass is 625 g/mol. The second-order valence-corrected chi connectivity index (χ2v) is 13.4. The molecule has 0 radical (unpaired) electrons. The summed E-state index contributed by atoms with van der Waals surface area (Å²) in [6, 6.07) is 28.5. The molecular weight excluding hydrogens is 582 g/mol. The van der Waals surface area contributed by atoms with Crippen LogP contribution in [-0.2, 0) is 32.6 Å². The highest BCUT2D eigenvalue weighted by Crippen LogP contribution is 2.29. The highest BCUT2D eigenvalue weighted by Gasteiger charge is 2.35. The molecule has 7 nitrogen and oxygen atoms in total. The fourth-order valence-electron chi connectivity index (χ4n) is 5.17. The minimum Gasteiger partial charge on any atom is -0.354 e. The normalized spacial score (nSPS) is 11.9. The number of amides is 2. The number of nitrogens with zero attached hydrogens (tertiary/aromatic N) is 2. The van der Waals surface area contributed by atoms with Crippen molar-refractivity contribution in [2.24, 2.45) is 0 Å². The zero-order valence-electron chi connectivity index (χ0n) is 26.8. The zero-order valence-corrected chi connectivity index (χ0v) is 27.6. The van der Waals surface area contributed by atoms with Crippen molar-refractivity contribution in [3.63, 3.8) is 0 Å². The van der Waals surface area contributed by atoms with Crippen molar-refractivity contribution < 1.29 is 18.0 Å². The molecule has 4 aromatic carbocycles. The van der Waals surface area contributed by atoms with Gasteiger partial charge in [0.05, 0.1) is 10.6 Å². The Morgan fingerprint density at radius 3 is 2.00 bits per heavy atom. The maximum Gasteiger partial charge on any atom is 0.264 e. The first kappa shape index (κ1) is 33.5. The summed E-state index contributed by atoms with van der Waals surface area (Å²) in [5, 5.41) is 2.98. The summed E-state index contributed by atoms with van der Waals surface area (Å²) in [4.78, 5) is 30.0. The Labute approximate surface area is 268 Å². The second-order valence-electron chi connectivity index (χ2n) is 11.5. The van der Waals surface area contributed by atoms with Gasteiger partial charge in [0.25, 0.3) is 10.0 Å². The lowest BCUT2D eigenvalue weighted by molar-refractivity contribution is -0.140. The molecule has 2 amide bonds. The molecule has 0 saturated carbocycles. The van der Waals surface area contributed by atoms with Crippen LogP contribution >= 0.6 is 0 Å².